The van der Waals surface area contributed by atoms with Gasteiger partial charge in [-0.2, -0.15) is 18.3 Å². The average Bonchev–Trinajstić information content (AvgIpc) is 2.35. The van der Waals surface area contributed by atoms with Crippen molar-refractivity contribution in [2.24, 2.45) is 10.1 Å². The Kier molecular flexibility index (Phi) is 5.30. The monoisotopic (exact) mass is 285 g/mol. The quantitative estimate of drug-likeness (QED) is 0.505. The lowest BCUT2D eigenvalue weighted by atomic mass is 10.1. The Bertz CT molecular complexity index is 515. The van der Waals surface area contributed by atoms with Gasteiger partial charge in [0, 0.05) is 5.71 Å². The first-order chi connectivity index (χ1) is 9.20. The van der Waals surface area contributed by atoms with Crippen molar-refractivity contribution in [2.75, 3.05) is 0 Å². The molecule has 1 unspecified atom stereocenters. The molecule has 1 atom stereocenters. The van der Waals surface area contributed by atoms with Gasteiger partial charge in [-0.15, -0.1) is 0 Å². The average molecular weight is 285 g/mol. The van der Waals surface area contributed by atoms with Crippen molar-refractivity contribution in [3.8, 4) is 0 Å². The fraction of sp³-hybridized carbons (Fsp3) is 0.429. The minimum atomic E-state index is -4.34. The number of benzene rings is 1. The van der Waals surface area contributed by atoms with Crippen LogP contribution in [-0.2, 0) is 6.18 Å². The highest BCUT2D eigenvalue weighted by Crippen LogP contribution is 2.31. The Labute approximate surface area is 116 Å². The zero-order valence-electron chi connectivity index (χ0n) is 11.9. The highest BCUT2D eigenvalue weighted by molar-refractivity contribution is 5.84. The molecule has 0 amide bonds. The van der Waals surface area contributed by atoms with Crippen molar-refractivity contribution in [2.45, 2.75) is 39.9 Å². The van der Waals surface area contributed by atoms with E-state index in [4.69, 9.17) is 0 Å². The highest BCUT2D eigenvalue weighted by atomic mass is 19.4. The Morgan fingerprint density at radius 3 is 2.40 bits per heavy atom. The van der Waals surface area contributed by atoms with Gasteiger partial charge in [-0.25, -0.2) is 0 Å². The number of rotatable bonds is 3. The number of nitrogens with one attached hydrogen (secondary N) is 1. The van der Waals surface area contributed by atoms with Gasteiger partial charge in [-0.05, 0) is 45.4 Å². The van der Waals surface area contributed by atoms with Crippen LogP contribution in [0.5, 0.6) is 0 Å². The largest absolute Gasteiger partial charge is 0.416 e. The number of amidine groups is 1. The first kappa shape index (κ1) is 16.2. The van der Waals surface area contributed by atoms with Crippen molar-refractivity contribution < 1.29 is 13.2 Å². The number of hydrogen-bond acceptors (Lipinski definition) is 2. The first-order valence-corrected chi connectivity index (χ1v) is 6.18. The van der Waals surface area contributed by atoms with Crippen LogP contribution in [0.15, 0.2) is 34.4 Å². The molecule has 20 heavy (non-hydrogen) atoms. The van der Waals surface area contributed by atoms with E-state index < -0.39 is 11.7 Å². The zero-order chi connectivity index (χ0) is 15.3. The van der Waals surface area contributed by atoms with E-state index in [-0.39, 0.29) is 6.04 Å². The van der Waals surface area contributed by atoms with Gasteiger partial charge in [-0.1, -0.05) is 12.1 Å². The van der Waals surface area contributed by atoms with E-state index in [9.17, 15) is 13.2 Å². The van der Waals surface area contributed by atoms with E-state index in [1.54, 1.807) is 19.9 Å². The van der Waals surface area contributed by atoms with Crippen LogP contribution >= 0.6 is 0 Å². The molecule has 0 radical (unpaired) electrons. The molecule has 3 nitrogen and oxygen atoms in total. The molecule has 1 rings (SSSR count). The number of hydrogen-bond donors (Lipinski definition) is 1. The molecule has 110 valence electrons. The second-order valence-electron chi connectivity index (χ2n) is 4.68. The summed E-state index contributed by atoms with van der Waals surface area (Å²) in [6.45, 7) is 7.12. The highest BCUT2D eigenvalue weighted by Gasteiger charge is 2.30. The molecule has 1 N–H and O–H groups in total. The van der Waals surface area contributed by atoms with Gasteiger partial charge in [0.1, 0.15) is 5.84 Å². The summed E-state index contributed by atoms with van der Waals surface area (Å²) in [5.74, 6) is 0.552. The molecular formula is C14H18F3N3. The first-order valence-electron chi connectivity index (χ1n) is 6.18. The molecule has 0 saturated carbocycles. The Morgan fingerprint density at radius 1 is 1.20 bits per heavy atom. The minimum absolute atomic E-state index is 0.378. The number of aliphatic imine (C=N–C) groups is 1. The lowest BCUT2D eigenvalue weighted by Gasteiger charge is -2.12. The third-order valence-electron chi connectivity index (χ3n) is 2.52. The Morgan fingerprint density at radius 2 is 1.85 bits per heavy atom. The zero-order valence-corrected chi connectivity index (χ0v) is 11.9. The van der Waals surface area contributed by atoms with Crippen LogP contribution < -0.4 is 5.43 Å². The molecule has 0 heterocycles. The van der Waals surface area contributed by atoms with Crippen LogP contribution in [0.3, 0.4) is 0 Å². The summed E-state index contributed by atoms with van der Waals surface area (Å²) in [5.41, 5.74) is 3.43. The van der Waals surface area contributed by atoms with Gasteiger partial charge in [0.05, 0.1) is 11.6 Å². The summed E-state index contributed by atoms with van der Waals surface area (Å²) in [6.07, 6.45) is -4.34. The molecule has 0 aliphatic heterocycles. The van der Waals surface area contributed by atoms with Crippen molar-refractivity contribution in [3.05, 3.63) is 35.4 Å². The van der Waals surface area contributed by atoms with Crippen LogP contribution in [0.25, 0.3) is 0 Å². The van der Waals surface area contributed by atoms with E-state index in [1.165, 1.54) is 6.07 Å². The van der Waals surface area contributed by atoms with Gasteiger partial charge < -0.3 is 0 Å². The third-order valence-corrected chi connectivity index (χ3v) is 2.52. The van der Waals surface area contributed by atoms with E-state index in [0.717, 1.165) is 17.8 Å². The van der Waals surface area contributed by atoms with Crippen LogP contribution in [0.1, 0.15) is 44.9 Å². The summed E-state index contributed by atoms with van der Waals surface area (Å²) >= 11 is 0. The molecule has 0 bridgehead atoms. The van der Waals surface area contributed by atoms with Crippen molar-refractivity contribution in [3.63, 3.8) is 0 Å². The molecule has 0 saturated heterocycles. The van der Waals surface area contributed by atoms with Crippen LogP contribution in [0, 0.1) is 0 Å². The van der Waals surface area contributed by atoms with Gasteiger partial charge in [0.25, 0.3) is 0 Å². The van der Waals surface area contributed by atoms with E-state index in [0.29, 0.717) is 11.4 Å². The predicted octanol–water partition coefficient (Wildman–Crippen LogP) is 4.17. The molecular weight excluding hydrogens is 267 g/mol. The molecule has 0 aromatic heterocycles. The van der Waals surface area contributed by atoms with Crippen LogP contribution in [-0.4, -0.2) is 11.5 Å². The maximum Gasteiger partial charge on any atom is 0.416 e. The number of halogens is 3. The van der Waals surface area contributed by atoms with Crippen molar-refractivity contribution in [1.82, 2.24) is 5.43 Å². The molecule has 0 aliphatic rings. The number of alkyl halides is 3. The van der Waals surface area contributed by atoms with Gasteiger partial charge >= 0.3 is 6.18 Å². The normalized spacial score (nSPS) is 13.8. The molecule has 0 fully saturated rings. The summed E-state index contributed by atoms with van der Waals surface area (Å²) in [5, 5.41) is 3.98. The number of nitrogens with zero attached hydrogens (tertiary/aromatic N) is 2. The smallest absolute Gasteiger partial charge is 0.266 e. The molecule has 0 spiro atoms. The maximum absolute atomic E-state index is 12.6. The summed E-state index contributed by atoms with van der Waals surface area (Å²) in [6, 6.07) is 4.81. The van der Waals surface area contributed by atoms with E-state index in [1.807, 2.05) is 13.8 Å². The minimum Gasteiger partial charge on any atom is -0.266 e. The number of hydrazone groups is 1. The topological polar surface area (TPSA) is 36.8 Å². The SMILES string of the molecule is CC(C)=NNC(C)=NC(C)c1cccc(C(F)(F)F)c1. The lowest BCUT2D eigenvalue weighted by Crippen LogP contribution is -2.16. The van der Waals surface area contributed by atoms with Crippen molar-refractivity contribution >= 4 is 11.5 Å². The third kappa shape index (κ3) is 5.03. The summed E-state index contributed by atoms with van der Waals surface area (Å²) in [7, 11) is 0. The molecule has 0 aliphatic carbocycles. The molecule has 1 aromatic rings. The molecule has 1 aromatic carbocycles. The standard InChI is InChI=1S/C14H18F3N3/c1-9(2)19-20-11(4)18-10(3)12-6-5-7-13(8-12)14(15,16)17/h5-8,10H,1-4H3,(H,18,20). The second-order valence-corrected chi connectivity index (χ2v) is 4.68. The van der Waals surface area contributed by atoms with Crippen LogP contribution in [0.2, 0.25) is 0 Å². The van der Waals surface area contributed by atoms with E-state index in [2.05, 4.69) is 15.5 Å². The second kappa shape index (κ2) is 6.54. The summed E-state index contributed by atoms with van der Waals surface area (Å²) < 4.78 is 37.9. The molecule has 6 heteroatoms. The van der Waals surface area contributed by atoms with Gasteiger partial charge in [0.15, 0.2) is 0 Å². The van der Waals surface area contributed by atoms with Gasteiger partial charge in [0.2, 0.25) is 0 Å². The lowest BCUT2D eigenvalue weighted by molar-refractivity contribution is -0.137. The summed E-state index contributed by atoms with van der Waals surface area (Å²) in [4.78, 5) is 4.27. The fourth-order valence-corrected chi connectivity index (χ4v) is 1.56. The van der Waals surface area contributed by atoms with Crippen LogP contribution in [0.4, 0.5) is 13.2 Å². The predicted molar refractivity (Wildman–Crippen MR) is 74.9 cm³/mol. The van der Waals surface area contributed by atoms with E-state index >= 15 is 0 Å². The van der Waals surface area contributed by atoms with Gasteiger partial charge in [-0.3, -0.25) is 10.4 Å². The Hall–Kier alpha value is -1.85. The fourth-order valence-electron chi connectivity index (χ4n) is 1.56. The Balaban J connectivity index is 2.90. The maximum atomic E-state index is 12.6. The van der Waals surface area contributed by atoms with Crippen molar-refractivity contribution in [1.29, 1.82) is 0 Å².